The van der Waals surface area contributed by atoms with Crippen LogP contribution in [0.4, 0.5) is 5.00 Å². The van der Waals surface area contributed by atoms with Gasteiger partial charge in [-0.25, -0.2) is 0 Å². The molecule has 47 heavy (non-hydrogen) atoms. The highest BCUT2D eigenvalue weighted by atomic mass is 32.1. The number of nitrogens with zero attached hydrogens (tertiary/aromatic N) is 3. The first-order valence-corrected chi connectivity index (χ1v) is 20.3. The van der Waals surface area contributed by atoms with E-state index in [0.717, 1.165) is 68.6 Å². The lowest BCUT2D eigenvalue weighted by Crippen LogP contribution is -2.59. The number of hydrogen-bond acceptors (Lipinski definition) is 6. The largest absolute Gasteiger partial charge is 0.415 e. The van der Waals surface area contributed by atoms with E-state index >= 15 is 0 Å². The van der Waals surface area contributed by atoms with Crippen LogP contribution in [0.2, 0.25) is 0 Å². The van der Waals surface area contributed by atoms with Gasteiger partial charge in [-0.2, -0.15) is 0 Å². The minimum absolute atomic E-state index is 0.0555. The lowest BCUT2D eigenvalue weighted by Gasteiger charge is -2.42. The lowest BCUT2D eigenvalue weighted by molar-refractivity contribution is -0.929. The van der Waals surface area contributed by atoms with Gasteiger partial charge in [0.1, 0.15) is 10.8 Å². The molecule has 3 aliphatic rings. The number of aliphatic imine (C=N–C) groups is 1. The molecule has 4 rings (SSSR count). The topological polar surface area (TPSA) is 53.9 Å². The van der Waals surface area contributed by atoms with Crippen molar-refractivity contribution in [2.24, 2.45) is 10.9 Å². The number of fused-ring (bicyclic) bond motifs is 2. The van der Waals surface area contributed by atoms with Gasteiger partial charge in [-0.15, -0.1) is 11.3 Å². The first kappa shape index (κ1) is 37.7. The van der Waals surface area contributed by atoms with E-state index in [2.05, 4.69) is 62.3 Å². The Labute approximate surface area is 291 Å². The third kappa shape index (κ3) is 12.4. The average Bonchev–Trinajstić information content (AvgIpc) is 3.36. The number of aryl methyl sites for hydroxylation is 1. The molecular weight excluding hydrogens is 601 g/mol. The number of carbonyl (C=O) groups is 1. The number of rotatable bonds is 21. The van der Waals surface area contributed by atoms with Crippen LogP contribution in [0.25, 0.3) is 0 Å². The molecule has 2 aliphatic heterocycles. The Hall–Kier alpha value is -2.12. The molecule has 7 heteroatoms. The van der Waals surface area contributed by atoms with Crippen molar-refractivity contribution >= 4 is 28.1 Å². The Bertz CT molecular complexity index is 1140. The molecule has 6 nitrogen and oxygen atoms in total. The Balaban J connectivity index is 1.26. The van der Waals surface area contributed by atoms with Gasteiger partial charge < -0.3 is 15.0 Å². The van der Waals surface area contributed by atoms with Crippen molar-refractivity contribution in [1.29, 1.82) is 0 Å². The van der Waals surface area contributed by atoms with E-state index in [-0.39, 0.29) is 17.9 Å². The predicted molar refractivity (Wildman–Crippen MR) is 201 cm³/mol. The number of nitrogens with one attached hydrogen (secondary N) is 1. The number of thiophene rings is 1. The molecule has 1 atom stereocenters. The zero-order valence-electron chi connectivity index (χ0n) is 30.5. The summed E-state index contributed by atoms with van der Waals surface area (Å²) in [4.78, 5) is 22.6. The zero-order valence-corrected chi connectivity index (χ0v) is 31.3. The van der Waals surface area contributed by atoms with Crippen molar-refractivity contribution in [3.63, 3.8) is 0 Å². The second-order valence-corrected chi connectivity index (χ2v) is 16.1. The number of esters is 1. The number of piperazine rings is 1. The fraction of sp³-hybridized carbons (Fsp3) is 0.750. The van der Waals surface area contributed by atoms with Crippen LogP contribution >= 0.6 is 11.3 Å². The van der Waals surface area contributed by atoms with Gasteiger partial charge >= 0.3 is 5.97 Å². The highest BCUT2D eigenvalue weighted by Gasteiger charge is 2.35. The molecule has 3 heterocycles. The van der Waals surface area contributed by atoms with E-state index in [1.165, 1.54) is 111 Å². The molecule has 0 amide bonds. The summed E-state index contributed by atoms with van der Waals surface area (Å²) in [5.74, 6) is 1.24. The number of unbranched alkanes of at least 4 members (excludes halogenated alkanes) is 14. The molecule has 1 N–H and O–H groups in total. The number of allylic oxidation sites excluding steroid dienone is 2. The van der Waals surface area contributed by atoms with Crippen LogP contribution in [0, 0.1) is 12.8 Å². The molecule has 1 unspecified atom stereocenters. The number of anilines is 1. The number of carbonyl (C=O) groups excluding carboxylic acids is 1. The minimum atomic E-state index is 0.0555. The van der Waals surface area contributed by atoms with Crippen LogP contribution in [0.15, 0.2) is 35.0 Å². The summed E-state index contributed by atoms with van der Waals surface area (Å²) in [5.41, 5.74) is 2.43. The van der Waals surface area contributed by atoms with E-state index in [0.29, 0.717) is 6.73 Å². The summed E-state index contributed by atoms with van der Waals surface area (Å²) in [7, 11) is 2.26. The van der Waals surface area contributed by atoms with Crippen LogP contribution in [-0.4, -0.2) is 67.2 Å². The summed E-state index contributed by atoms with van der Waals surface area (Å²) in [6, 6.07) is 2.44. The fourth-order valence-corrected chi connectivity index (χ4v) is 8.22. The minimum Gasteiger partial charge on any atom is -0.415 e. The summed E-state index contributed by atoms with van der Waals surface area (Å²) in [6.07, 6.45) is 30.3. The Kier molecular flexibility index (Phi) is 16.4. The van der Waals surface area contributed by atoms with Gasteiger partial charge in [0, 0.05) is 10.6 Å². The van der Waals surface area contributed by atoms with Gasteiger partial charge in [-0.3, -0.25) is 14.3 Å². The summed E-state index contributed by atoms with van der Waals surface area (Å²) >= 11 is 1.82. The van der Waals surface area contributed by atoms with E-state index in [1.807, 2.05) is 11.3 Å². The van der Waals surface area contributed by atoms with Crippen LogP contribution < -0.4 is 5.32 Å². The molecule has 0 spiro atoms. The smallest absolute Gasteiger partial charge is 0.313 e. The number of hydrogen-bond donors (Lipinski definition) is 1. The van der Waals surface area contributed by atoms with Gasteiger partial charge in [-0.1, -0.05) is 129 Å². The number of quaternary nitrogens is 1. The summed E-state index contributed by atoms with van der Waals surface area (Å²) in [6.45, 7) is 11.0. The van der Waals surface area contributed by atoms with Crippen molar-refractivity contribution in [3.8, 4) is 0 Å². The maximum atomic E-state index is 13.5. The molecule has 264 valence electrons. The molecular formula is C40H67N4O2S+. The Morgan fingerprint density at radius 3 is 2.11 bits per heavy atom. The van der Waals surface area contributed by atoms with E-state index in [1.54, 1.807) is 0 Å². The third-order valence-corrected chi connectivity index (χ3v) is 11.5. The monoisotopic (exact) mass is 667 g/mol. The second-order valence-electron chi connectivity index (χ2n) is 14.8. The summed E-state index contributed by atoms with van der Waals surface area (Å²) < 4.78 is 6.96. The van der Waals surface area contributed by atoms with Gasteiger partial charge in [0.2, 0.25) is 6.73 Å². The molecule has 1 saturated heterocycles. The normalized spacial score (nSPS) is 18.7. The molecule has 1 aliphatic carbocycles. The molecule has 0 radical (unpaired) electrons. The Morgan fingerprint density at radius 2 is 1.51 bits per heavy atom. The molecule has 1 fully saturated rings. The van der Waals surface area contributed by atoms with Crippen LogP contribution in [0.1, 0.15) is 146 Å². The maximum Gasteiger partial charge on any atom is 0.313 e. The first-order valence-electron chi connectivity index (χ1n) is 19.5. The molecule has 0 aromatic carbocycles. The number of ether oxygens (including phenoxy) is 1. The van der Waals surface area contributed by atoms with Gasteiger partial charge in [0.15, 0.2) is 0 Å². The quantitative estimate of drug-likeness (QED) is 0.0805. The van der Waals surface area contributed by atoms with Crippen molar-refractivity contribution in [2.45, 2.75) is 149 Å². The van der Waals surface area contributed by atoms with Crippen molar-refractivity contribution in [3.05, 3.63) is 40.4 Å². The lowest BCUT2D eigenvalue weighted by atomic mass is 9.94. The van der Waals surface area contributed by atoms with E-state index in [9.17, 15) is 4.79 Å². The van der Waals surface area contributed by atoms with Crippen molar-refractivity contribution < 1.29 is 14.0 Å². The van der Waals surface area contributed by atoms with Gasteiger partial charge in [0.05, 0.1) is 50.7 Å². The molecule has 1 aromatic rings. The predicted octanol–water partition coefficient (Wildman–Crippen LogP) is 10.4. The van der Waals surface area contributed by atoms with Gasteiger partial charge in [-0.05, 0) is 38.3 Å². The summed E-state index contributed by atoms with van der Waals surface area (Å²) in [5, 5.41) is 4.91. The maximum absolute atomic E-state index is 13.5. The zero-order chi connectivity index (χ0) is 33.3. The average molecular weight is 668 g/mol. The highest BCUT2D eigenvalue weighted by molar-refractivity contribution is 7.16. The Morgan fingerprint density at radius 1 is 0.936 bits per heavy atom. The van der Waals surface area contributed by atoms with E-state index in [4.69, 9.17) is 9.73 Å². The fourth-order valence-electron chi connectivity index (χ4n) is 7.29. The molecule has 0 bridgehead atoms. The SMILES string of the molecule is CCCCCCCCCCC(CCCCCCCCCC)C(=O)OC[N+]1(C)CCN(C2=NC3CC=CC=C3Nc3sc(C)cc32)CC1. The van der Waals surface area contributed by atoms with Crippen LogP contribution in [0.5, 0.6) is 0 Å². The number of amidine groups is 1. The van der Waals surface area contributed by atoms with Crippen molar-refractivity contribution in [2.75, 3.05) is 45.3 Å². The first-order chi connectivity index (χ1) is 22.9. The molecule has 0 saturated carbocycles. The van der Waals surface area contributed by atoms with Crippen LogP contribution in [-0.2, 0) is 9.53 Å². The standard InChI is InChI=1S/C40H67N4O2S/c1-5-7-9-11-13-15-17-19-23-34(24-20-18-16-14-12-10-8-6-2)40(45)46-32-44(4)29-27-43(28-30-44)38-35-31-33(3)47-39(35)42-37-26-22-21-25-36(37)41-38/h21-22,26,31,34,36,42H,5-20,23-25,27-30,32H2,1-4H3/q+1. The number of likely N-dealkylation sites (N-methyl/N-ethyl adjacent to an activating group) is 1. The third-order valence-electron chi connectivity index (χ3n) is 10.5. The van der Waals surface area contributed by atoms with Crippen LogP contribution in [0.3, 0.4) is 0 Å². The van der Waals surface area contributed by atoms with Crippen molar-refractivity contribution in [1.82, 2.24) is 4.90 Å². The van der Waals surface area contributed by atoms with E-state index < -0.39 is 0 Å². The second kappa shape index (κ2) is 20.4. The van der Waals surface area contributed by atoms with Gasteiger partial charge in [0.25, 0.3) is 0 Å². The highest BCUT2D eigenvalue weighted by Crippen LogP contribution is 2.35. The molecule has 1 aromatic heterocycles.